The van der Waals surface area contributed by atoms with Crippen LogP contribution in [0.2, 0.25) is 0 Å². The fourth-order valence-electron chi connectivity index (χ4n) is 2.14. The number of rotatable bonds is 4. The number of H-pyrrole nitrogens is 1. The summed E-state index contributed by atoms with van der Waals surface area (Å²) in [7, 11) is 0. The van der Waals surface area contributed by atoms with E-state index in [0.717, 1.165) is 0 Å². The quantitative estimate of drug-likeness (QED) is 0.743. The smallest absolute Gasteiger partial charge is 0.307 e. The Morgan fingerprint density at radius 2 is 2.00 bits per heavy atom. The monoisotopic (exact) mass is 271 g/mol. The number of aromatic amines is 1. The molecule has 0 fully saturated rings. The van der Waals surface area contributed by atoms with Crippen molar-refractivity contribution in [3.8, 4) is 0 Å². The van der Waals surface area contributed by atoms with Crippen molar-refractivity contribution in [1.29, 1.82) is 0 Å². The second-order valence-corrected chi connectivity index (χ2v) is 4.45. The van der Waals surface area contributed by atoms with Crippen LogP contribution in [0, 0.1) is 0 Å². The molecule has 0 saturated heterocycles. The van der Waals surface area contributed by atoms with Gasteiger partial charge in [-0.3, -0.25) is 14.0 Å². The Labute approximate surface area is 113 Å². The third kappa shape index (κ3) is 2.25. The molecule has 20 heavy (non-hydrogen) atoms. The summed E-state index contributed by atoms with van der Waals surface area (Å²) >= 11 is 0. The van der Waals surface area contributed by atoms with Crippen LogP contribution in [-0.2, 0) is 13.1 Å². The molecule has 2 aromatic heterocycles. The number of aryl methyl sites for hydroxylation is 1. The van der Waals surface area contributed by atoms with Crippen molar-refractivity contribution >= 4 is 10.9 Å². The second-order valence-electron chi connectivity index (χ2n) is 4.45. The number of para-hydroxylation sites is 1. The summed E-state index contributed by atoms with van der Waals surface area (Å²) in [5.74, 6) is 0. The lowest BCUT2D eigenvalue weighted by atomic mass is 10.2. The van der Waals surface area contributed by atoms with Crippen molar-refractivity contribution in [1.82, 2.24) is 24.5 Å². The van der Waals surface area contributed by atoms with Crippen molar-refractivity contribution in [3.05, 3.63) is 57.5 Å². The summed E-state index contributed by atoms with van der Waals surface area (Å²) in [5, 5.41) is 8.06. The number of fused-ring (bicyclic) bond motifs is 1. The third-order valence-corrected chi connectivity index (χ3v) is 3.13. The van der Waals surface area contributed by atoms with E-state index in [0.29, 0.717) is 30.4 Å². The Kier molecular flexibility index (Phi) is 3.16. The van der Waals surface area contributed by atoms with Gasteiger partial charge in [-0.25, -0.2) is 4.79 Å². The molecule has 0 unspecified atom stereocenters. The largest absolute Gasteiger partial charge is 0.328 e. The Morgan fingerprint density at radius 1 is 1.15 bits per heavy atom. The minimum absolute atomic E-state index is 0.261. The van der Waals surface area contributed by atoms with Gasteiger partial charge in [0.1, 0.15) is 0 Å². The van der Waals surface area contributed by atoms with E-state index in [9.17, 15) is 9.59 Å². The maximum Gasteiger partial charge on any atom is 0.328 e. The van der Waals surface area contributed by atoms with Gasteiger partial charge in [0.05, 0.1) is 17.1 Å². The van der Waals surface area contributed by atoms with Gasteiger partial charge >= 0.3 is 5.69 Å². The van der Waals surface area contributed by atoms with E-state index in [1.807, 2.05) is 0 Å². The highest BCUT2D eigenvalue weighted by Gasteiger charge is 2.06. The van der Waals surface area contributed by atoms with E-state index < -0.39 is 0 Å². The van der Waals surface area contributed by atoms with Crippen molar-refractivity contribution in [2.45, 2.75) is 19.5 Å². The van der Waals surface area contributed by atoms with Gasteiger partial charge in [0.15, 0.2) is 0 Å². The van der Waals surface area contributed by atoms with E-state index >= 15 is 0 Å². The first kappa shape index (κ1) is 12.3. The molecule has 2 heterocycles. The Bertz CT molecular complexity index is 832. The molecule has 3 aromatic rings. The van der Waals surface area contributed by atoms with E-state index in [2.05, 4.69) is 15.3 Å². The van der Waals surface area contributed by atoms with Crippen molar-refractivity contribution < 1.29 is 0 Å². The number of hydrogen-bond acceptors (Lipinski definition) is 4. The number of nitrogens with one attached hydrogen (secondary N) is 1. The van der Waals surface area contributed by atoms with Gasteiger partial charge in [-0.15, -0.1) is 5.10 Å². The van der Waals surface area contributed by atoms with E-state index in [4.69, 9.17) is 0 Å². The molecule has 0 bridgehead atoms. The van der Waals surface area contributed by atoms with Gasteiger partial charge in [-0.1, -0.05) is 17.3 Å². The zero-order valence-corrected chi connectivity index (χ0v) is 10.7. The molecule has 0 amide bonds. The lowest BCUT2D eigenvalue weighted by Crippen LogP contribution is -2.35. The summed E-state index contributed by atoms with van der Waals surface area (Å²) in [6, 6.07) is 6.99. The van der Waals surface area contributed by atoms with E-state index in [1.165, 1.54) is 4.57 Å². The number of nitrogens with zero attached hydrogens (tertiary/aromatic N) is 4. The van der Waals surface area contributed by atoms with Gasteiger partial charge in [-0.05, 0) is 18.6 Å². The molecule has 7 nitrogen and oxygen atoms in total. The zero-order chi connectivity index (χ0) is 13.9. The minimum Gasteiger partial charge on any atom is -0.307 e. The molecular formula is C13H13N5O2. The van der Waals surface area contributed by atoms with Gasteiger partial charge in [0.2, 0.25) is 0 Å². The number of benzene rings is 1. The highest BCUT2D eigenvalue weighted by atomic mass is 16.2. The zero-order valence-electron chi connectivity index (χ0n) is 10.7. The first-order valence-corrected chi connectivity index (χ1v) is 6.31. The van der Waals surface area contributed by atoms with Crippen molar-refractivity contribution in [2.75, 3.05) is 0 Å². The Morgan fingerprint density at radius 3 is 2.80 bits per heavy atom. The molecule has 0 saturated carbocycles. The molecule has 3 rings (SSSR count). The van der Waals surface area contributed by atoms with E-state index in [1.54, 1.807) is 41.3 Å². The number of aromatic nitrogens is 5. The first-order valence-electron chi connectivity index (χ1n) is 6.31. The minimum atomic E-state index is -0.382. The van der Waals surface area contributed by atoms with Crippen LogP contribution in [0.3, 0.4) is 0 Å². The summed E-state index contributed by atoms with van der Waals surface area (Å²) in [6.45, 7) is 0.956. The van der Waals surface area contributed by atoms with Gasteiger partial charge < -0.3 is 4.98 Å². The lowest BCUT2D eigenvalue weighted by Gasteiger charge is -2.06. The van der Waals surface area contributed by atoms with Crippen LogP contribution in [0.4, 0.5) is 0 Å². The average molecular weight is 271 g/mol. The fraction of sp³-hybridized carbons (Fsp3) is 0.231. The van der Waals surface area contributed by atoms with Gasteiger partial charge in [0, 0.05) is 19.3 Å². The van der Waals surface area contributed by atoms with Gasteiger partial charge in [-0.2, -0.15) is 0 Å². The highest BCUT2D eigenvalue weighted by Crippen LogP contribution is 2.03. The lowest BCUT2D eigenvalue weighted by molar-refractivity contribution is 0.500. The maximum absolute atomic E-state index is 12.2. The van der Waals surface area contributed by atoms with Crippen LogP contribution >= 0.6 is 0 Å². The van der Waals surface area contributed by atoms with Crippen LogP contribution in [0.25, 0.3) is 10.9 Å². The van der Waals surface area contributed by atoms with Crippen LogP contribution in [0.5, 0.6) is 0 Å². The normalized spacial score (nSPS) is 11.0. The highest BCUT2D eigenvalue weighted by molar-refractivity contribution is 5.76. The maximum atomic E-state index is 12.2. The topological polar surface area (TPSA) is 85.6 Å². The molecule has 1 aromatic carbocycles. The molecular weight excluding hydrogens is 258 g/mol. The second kappa shape index (κ2) is 5.12. The predicted molar refractivity (Wildman–Crippen MR) is 73.5 cm³/mol. The summed E-state index contributed by atoms with van der Waals surface area (Å²) in [4.78, 5) is 26.9. The van der Waals surface area contributed by atoms with E-state index in [-0.39, 0.29) is 11.2 Å². The van der Waals surface area contributed by atoms with Crippen LogP contribution in [0.15, 0.2) is 46.2 Å². The molecule has 0 aliphatic heterocycles. The van der Waals surface area contributed by atoms with Crippen LogP contribution in [0.1, 0.15) is 6.42 Å². The molecule has 0 atom stereocenters. The molecule has 0 spiro atoms. The number of hydrogen-bond donors (Lipinski definition) is 1. The molecule has 0 aliphatic rings. The van der Waals surface area contributed by atoms with Crippen LogP contribution in [-0.4, -0.2) is 24.5 Å². The molecule has 7 heteroatoms. The Balaban J connectivity index is 1.88. The fourth-order valence-corrected chi connectivity index (χ4v) is 2.14. The van der Waals surface area contributed by atoms with Crippen molar-refractivity contribution in [3.63, 3.8) is 0 Å². The summed E-state index contributed by atoms with van der Waals surface area (Å²) in [5.41, 5.74) is -0.0785. The molecule has 0 aliphatic carbocycles. The average Bonchev–Trinajstić information content (AvgIpc) is 2.96. The first-order chi connectivity index (χ1) is 9.75. The van der Waals surface area contributed by atoms with Crippen LogP contribution < -0.4 is 11.2 Å². The summed E-state index contributed by atoms with van der Waals surface area (Å²) in [6.07, 6.45) is 3.97. The predicted octanol–water partition coefficient (Wildman–Crippen LogP) is 0.372. The summed E-state index contributed by atoms with van der Waals surface area (Å²) < 4.78 is 2.89. The van der Waals surface area contributed by atoms with Crippen molar-refractivity contribution in [2.24, 2.45) is 0 Å². The molecule has 0 radical (unpaired) electrons. The standard InChI is InChI=1S/C13H13N5O2/c19-12-10-4-1-2-5-11(10)15-13(20)18(12)8-3-7-17-9-6-14-16-17/h1-2,4-6,9H,3,7-8H2,(H,15,20). The SMILES string of the molecule is O=c1[nH]c2ccccc2c(=O)n1CCCn1ccnn1. The third-order valence-electron chi connectivity index (χ3n) is 3.13. The Hall–Kier alpha value is -2.70. The molecule has 1 N–H and O–H groups in total. The molecule has 102 valence electrons. The van der Waals surface area contributed by atoms with Gasteiger partial charge in [0.25, 0.3) is 5.56 Å².